The summed E-state index contributed by atoms with van der Waals surface area (Å²) in [4.78, 5) is 15.9. The summed E-state index contributed by atoms with van der Waals surface area (Å²) in [7, 11) is 3.16. The minimum absolute atomic E-state index is 0.0624. The molecule has 0 fully saturated rings. The third kappa shape index (κ3) is 3.04. The number of hydrogen-bond acceptors (Lipinski definition) is 6. The van der Waals surface area contributed by atoms with Crippen molar-refractivity contribution in [1.82, 2.24) is 15.1 Å². The highest BCUT2D eigenvalue weighted by Crippen LogP contribution is 2.45. The van der Waals surface area contributed by atoms with Crippen LogP contribution in [0.1, 0.15) is 34.1 Å². The summed E-state index contributed by atoms with van der Waals surface area (Å²) in [6.45, 7) is 1.11. The number of benzene rings is 1. The van der Waals surface area contributed by atoms with E-state index >= 15 is 0 Å². The fourth-order valence-electron chi connectivity index (χ4n) is 3.62. The third-order valence-electron chi connectivity index (χ3n) is 4.89. The lowest BCUT2D eigenvalue weighted by Crippen LogP contribution is -2.31. The largest absolute Gasteiger partial charge is 0.504 e. The van der Waals surface area contributed by atoms with Gasteiger partial charge in [-0.2, -0.15) is 5.10 Å². The molecule has 0 bridgehead atoms. The minimum Gasteiger partial charge on any atom is -0.504 e. The van der Waals surface area contributed by atoms with Crippen molar-refractivity contribution >= 4 is 17.2 Å². The van der Waals surface area contributed by atoms with E-state index in [1.165, 1.54) is 7.11 Å². The second kappa shape index (κ2) is 7.65. The molecule has 1 aliphatic heterocycles. The van der Waals surface area contributed by atoms with Crippen molar-refractivity contribution in [2.45, 2.75) is 12.5 Å². The van der Waals surface area contributed by atoms with Crippen LogP contribution in [0.4, 0.5) is 0 Å². The van der Waals surface area contributed by atoms with Gasteiger partial charge >= 0.3 is 0 Å². The molecule has 7 nitrogen and oxygen atoms in total. The van der Waals surface area contributed by atoms with Crippen molar-refractivity contribution in [2.75, 3.05) is 27.4 Å². The zero-order valence-electron chi connectivity index (χ0n) is 15.6. The average molecular weight is 399 g/mol. The Hall–Kier alpha value is -2.84. The highest BCUT2D eigenvalue weighted by Gasteiger charge is 2.42. The summed E-state index contributed by atoms with van der Waals surface area (Å²) in [6, 6.07) is 8.85. The number of methoxy groups -OCH3 is 2. The normalized spacial score (nSPS) is 15.9. The molecule has 4 rings (SSSR count). The number of carbonyl (C=O) groups excluding carboxylic acids is 1. The van der Waals surface area contributed by atoms with E-state index < -0.39 is 0 Å². The molecule has 1 aliphatic rings. The van der Waals surface area contributed by atoms with E-state index in [1.54, 1.807) is 30.6 Å². The highest BCUT2D eigenvalue weighted by molar-refractivity contribution is 7.13. The predicted molar refractivity (Wildman–Crippen MR) is 106 cm³/mol. The molecule has 1 aromatic carbocycles. The number of amides is 1. The van der Waals surface area contributed by atoms with Crippen LogP contribution in [0.25, 0.3) is 10.6 Å². The van der Waals surface area contributed by atoms with Crippen molar-refractivity contribution in [2.24, 2.45) is 0 Å². The van der Waals surface area contributed by atoms with E-state index in [2.05, 4.69) is 10.2 Å². The standard InChI is InChI=1S/C20H21N3O4S/c1-26-9-4-8-23-19(12-6-7-13(24)14(11-12)27-2)16-17(15-5-3-10-28-15)21-22-18(16)20(23)25/h3,5-7,10-11,19,24H,4,8-9H2,1-2H3,(H,21,22)/t19-/m1/s1. The number of aromatic nitrogens is 2. The SMILES string of the molecule is COCCCN1C(=O)c2n[nH]c(-c3cccs3)c2[C@H]1c1ccc(O)c(OC)c1. The van der Waals surface area contributed by atoms with E-state index in [0.717, 1.165) is 28.1 Å². The molecule has 2 N–H and O–H groups in total. The maximum atomic E-state index is 13.1. The average Bonchev–Trinajstić information content (AvgIpc) is 3.41. The molecule has 0 saturated heterocycles. The number of fused-ring (bicyclic) bond motifs is 1. The zero-order valence-corrected chi connectivity index (χ0v) is 16.5. The fourth-order valence-corrected chi connectivity index (χ4v) is 4.35. The number of nitrogens with zero attached hydrogens (tertiary/aromatic N) is 2. The van der Waals surface area contributed by atoms with Gasteiger partial charge in [0.1, 0.15) is 0 Å². The zero-order chi connectivity index (χ0) is 19.7. The molecule has 3 aromatic rings. The molecule has 146 valence electrons. The van der Waals surface area contributed by atoms with Gasteiger partial charge in [-0.15, -0.1) is 11.3 Å². The summed E-state index contributed by atoms with van der Waals surface area (Å²) in [6.07, 6.45) is 0.719. The maximum Gasteiger partial charge on any atom is 0.275 e. The Labute approximate surface area is 166 Å². The monoisotopic (exact) mass is 399 g/mol. The number of thiophene rings is 1. The van der Waals surface area contributed by atoms with Crippen LogP contribution in [0.2, 0.25) is 0 Å². The Kier molecular flexibility index (Phi) is 5.06. The maximum absolute atomic E-state index is 13.1. The molecule has 0 spiro atoms. The number of phenolic OH excluding ortho intramolecular Hbond substituents is 1. The van der Waals surface area contributed by atoms with Gasteiger partial charge in [0.2, 0.25) is 0 Å². The molecule has 0 unspecified atom stereocenters. The first-order valence-electron chi connectivity index (χ1n) is 8.94. The molecule has 28 heavy (non-hydrogen) atoms. The first-order chi connectivity index (χ1) is 13.7. The second-order valence-corrected chi connectivity index (χ2v) is 7.46. The Morgan fingerprint density at radius 3 is 2.89 bits per heavy atom. The van der Waals surface area contributed by atoms with Crippen LogP contribution < -0.4 is 4.74 Å². The number of rotatable bonds is 7. The number of aromatic amines is 1. The number of carbonyl (C=O) groups is 1. The summed E-state index contributed by atoms with van der Waals surface area (Å²) in [5.41, 5.74) is 3.01. The topological polar surface area (TPSA) is 87.7 Å². The van der Waals surface area contributed by atoms with Crippen LogP contribution in [0.3, 0.4) is 0 Å². The summed E-state index contributed by atoms with van der Waals surface area (Å²) >= 11 is 1.59. The summed E-state index contributed by atoms with van der Waals surface area (Å²) in [5, 5.41) is 19.4. The lowest BCUT2D eigenvalue weighted by Gasteiger charge is -2.26. The minimum atomic E-state index is -0.315. The Morgan fingerprint density at radius 1 is 1.32 bits per heavy atom. The van der Waals surface area contributed by atoms with E-state index in [4.69, 9.17) is 9.47 Å². The first kappa shape index (κ1) is 18.5. The molecule has 0 radical (unpaired) electrons. The van der Waals surface area contributed by atoms with Crippen LogP contribution in [0.5, 0.6) is 11.5 Å². The van der Waals surface area contributed by atoms with E-state index in [1.807, 2.05) is 28.5 Å². The Balaban J connectivity index is 1.82. The first-order valence-corrected chi connectivity index (χ1v) is 9.82. The summed E-state index contributed by atoms with van der Waals surface area (Å²) in [5.74, 6) is 0.325. The number of nitrogens with one attached hydrogen (secondary N) is 1. The molecular formula is C20H21N3O4S. The lowest BCUT2D eigenvalue weighted by molar-refractivity contribution is 0.0723. The van der Waals surface area contributed by atoms with Gasteiger partial charge in [-0.25, -0.2) is 0 Å². The molecule has 3 heterocycles. The van der Waals surface area contributed by atoms with Gasteiger partial charge in [0.25, 0.3) is 5.91 Å². The van der Waals surface area contributed by atoms with Crippen LogP contribution in [0.15, 0.2) is 35.7 Å². The lowest BCUT2D eigenvalue weighted by atomic mass is 9.97. The van der Waals surface area contributed by atoms with E-state index in [0.29, 0.717) is 24.6 Å². The number of ether oxygens (including phenoxy) is 2. The predicted octanol–water partition coefficient (Wildman–Crippen LogP) is 3.43. The Bertz CT molecular complexity index is 984. The fraction of sp³-hybridized carbons (Fsp3) is 0.300. The second-order valence-electron chi connectivity index (χ2n) is 6.52. The van der Waals surface area contributed by atoms with Gasteiger partial charge in [-0.05, 0) is 35.6 Å². The van der Waals surface area contributed by atoms with Gasteiger partial charge in [-0.3, -0.25) is 9.89 Å². The van der Waals surface area contributed by atoms with E-state index in [-0.39, 0.29) is 17.7 Å². The quantitative estimate of drug-likeness (QED) is 0.594. The van der Waals surface area contributed by atoms with Crippen LogP contribution in [-0.4, -0.2) is 53.5 Å². The van der Waals surface area contributed by atoms with E-state index in [9.17, 15) is 9.90 Å². The molecule has 2 aromatic heterocycles. The molecule has 0 saturated carbocycles. The van der Waals surface area contributed by atoms with Crippen molar-refractivity contribution in [3.8, 4) is 22.1 Å². The molecule has 8 heteroatoms. The van der Waals surface area contributed by atoms with Gasteiger partial charge in [-0.1, -0.05) is 12.1 Å². The summed E-state index contributed by atoms with van der Waals surface area (Å²) < 4.78 is 10.4. The highest BCUT2D eigenvalue weighted by atomic mass is 32.1. The van der Waals surface area contributed by atoms with Gasteiger partial charge in [0.05, 0.1) is 23.7 Å². The molecular weight excluding hydrogens is 378 g/mol. The van der Waals surface area contributed by atoms with Gasteiger partial charge in [0, 0.05) is 25.8 Å². The third-order valence-corrected chi connectivity index (χ3v) is 5.77. The van der Waals surface area contributed by atoms with Gasteiger partial charge < -0.3 is 19.5 Å². The van der Waals surface area contributed by atoms with Gasteiger partial charge in [0.15, 0.2) is 17.2 Å². The Morgan fingerprint density at radius 2 is 2.18 bits per heavy atom. The van der Waals surface area contributed by atoms with Crippen molar-refractivity contribution in [3.63, 3.8) is 0 Å². The number of phenols is 1. The van der Waals surface area contributed by atoms with Crippen LogP contribution >= 0.6 is 11.3 Å². The molecule has 1 amide bonds. The molecule has 0 aliphatic carbocycles. The van der Waals surface area contributed by atoms with Crippen molar-refractivity contribution in [3.05, 3.63) is 52.5 Å². The molecule has 1 atom stereocenters. The van der Waals surface area contributed by atoms with Crippen molar-refractivity contribution in [1.29, 1.82) is 0 Å². The number of H-pyrrole nitrogens is 1. The van der Waals surface area contributed by atoms with Crippen molar-refractivity contribution < 1.29 is 19.4 Å². The van der Waals surface area contributed by atoms with Crippen LogP contribution in [-0.2, 0) is 4.74 Å². The number of aromatic hydroxyl groups is 1. The number of hydrogen-bond donors (Lipinski definition) is 2. The smallest absolute Gasteiger partial charge is 0.275 e. The van der Waals surface area contributed by atoms with Crippen LogP contribution in [0, 0.1) is 0 Å².